The van der Waals surface area contributed by atoms with Crippen molar-refractivity contribution in [1.82, 2.24) is 5.32 Å². The van der Waals surface area contributed by atoms with Gasteiger partial charge in [-0.25, -0.2) is 0 Å². The molecule has 0 aromatic carbocycles. The van der Waals surface area contributed by atoms with Gasteiger partial charge in [0.05, 0.1) is 0 Å². The second kappa shape index (κ2) is 4.06. The van der Waals surface area contributed by atoms with Gasteiger partial charge in [0.15, 0.2) is 0 Å². The van der Waals surface area contributed by atoms with Crippen molar-refractivity contribution < 1.29 is 0 Å². The number of piperidine rings is 1. The Balaban J connectivity index is 1.92. The monoisotopic (exact) mass is 264 g/mol. The van der Waals surface area contributed by atoms with Crippen molar-refractivity contribution in [3.63, 3.8) is 0 Å². The number of hydrogen-bond acceptors (Lipinski definition) is 3. The molecule has 0 amide bonds. The van der Waals surface area contributed by atoms with Crippen LogP contribution in [0.4, 0.5) is 0 Å². The van der Waals surface area contributed by atoms with Crippen molar-refractivity contribution in [3.8, 4) is 0 Å². The van der Waals surface area contributed by atoms with Crippen LogP contribution in [0, 0.1) is 5.41 Å². The summed E-state index contributed by atoms with van der Waals surface area (Å²) in [5.41, 5.74) is 8.67. The van der Waals surface area contributed by atoms with E-state index >= 15 is 0 Å². The quantitative estimate of drug-likeness (QED) is 0.756. The average Bonchev–Trinajstić information content (AvgIpc) is 2.81. The summed E-state index contributed by atoms with van der Waals surface area (Å²) in [6.07, 6.45) is 3.69. The van der Waals surface area contributed by atoms with Crippen LogP contribution in [0.5, 0.6) is 0 Å². The molecule has 0 saturated carbocycles. The van der Waals surface area contributed by atoms with E-state index < -0.39 is 0 Å². The fourth-order valence-corrected chi connectivity index (χ4v) is 4.81. The van der Waals surface area contributed by atoms with Gasteiger partial charge in [0.2, 0.25) is 0 Å². The Morgan fingerprint density at radius 2 is 2.00 bits per heavy atom. The predicted octanol–water partition coefficient (Wildman–Crippen LogP) is 2.97. The van der Waals surface area contributed by atoms with E-state index in [0.717, 1.165) is 13.1 Å². The van der Waals surface area contributed by atoms with Gasteiger partial charge in [-0.1, -0.05) is 20.8 Å². The zero-order chi connectivity index (χ0) is 13.0. The van der Waals surface area contributed by atoms with E-state index in [4.69, 9.17) is 5.73 Å². The van der Waals surface area contributed by atoms with Crippen LogP contribution in [0.1, 0.15) is 55.0 Å². The van der Waals surface area contributed by atoms with E-state index in [-0.39, 0.29) is 11.5 Å². The Bertz CT molecular complexity index is 450. The van der Waals surface area contributed by atoms with Gasteiger partial charge >= 0.3 is 0 Å². The molecule has 1 aromatic rings. The normalized spacial score (nSPS) is 26.6. The summed E-state index contributed by atoms with van der Waals surface area (Å²) in [5, 5.41) is 3.46. The zero-order valence-electron chi connectivity index (χ0n) is 11.7. The molecule has 2 aliphatic rings. The minimum absolute atomic E-state index is 0.260. The van der Waals surface area contributed by atoms with E-state index in [2.05, 4.69) is 32.2 Å². The van der Waals surface area contributed by atoms with Crippen molar-refractivity contribution in [2.75, 3.05) is 13.1 Å². The summed E-state index contributed by atoms with van der Waals surface area (Å²) in [6.45, 7) is 9.14. The minimum Gasteiger partial charge on any atom is -0.323 e. The van der Waals surface area contributed by atoms with Crippen LogP contribution in [0.3, 0.4) is 0 Å². The highest BCUT2D eigenvalue weighted by atomic mass is 32.1. The standard InChI is InChI=1S/C15H24N2S/c1-14(2,3)12-8-10-11(18-12)9-15(13(10)16)4-6-17-7-5-15/h8,13,17H,4-7,9,16H2,1-3H3/t13-/m1/s1. The first-order valence-corrected chi connectivity index (χ1v) is 7.83. The number of nitrogens with one attached hydrogen (secondary N) is 1. The Kier molecular flexibility index (Phi) is 2.85. The highest BCUT2D eigenvalue weighted by Gasteiger charge is 2.46. The van der Waals surface area contributed by atoms with Gasteiger partial charge in [0, 0.05) is 15.8 Å². The van der Waals surface area contributed by atoms with Gasteiger partial charge < -0.3 is 11.1 Å². The lowest BCUT2D eigenvalue weighted by atomic mass is 9.73. The molecule has 1 atom stereocenters. The van der Waals surface area contributed by atoms with Crippen LogP contribution in [-0.4, -0.2) is 13.1 Å². The molecule has 1 fully saturated rings. The maximum atomic E-state index is 6.59. The topological polar surface area (TPSA) is 38.0 Å². The zero-order valence-corrected chi connectivity index (χ0v) is 12.5. The molecule has 1 saturated heterocycles. The second-order valence-corrected chi connectivity index (χ2v) is 8.14. The number of rotatable bonds is 0. The van der Waals surface area contributed by atoms with E-state index in [9.17, 15) is 0 Å². The van der Waals surface area contributed by atoms with Gasteiger partial charge in [0.1, 0.15) is 0 Å². The van der Waals surface area contributed by atoms with Crippen molar-refractivity contribution in [2.24, 2.45) is 11.1 Å². The van der Waals surface area contributed by atoms with E-state index in [1.165, 1.54) is 29.7 Å². The lowest BCUT2D eigenvalue weighted by Crippen LogP contribution is -2.42. The molecule has 0 bridgehead atoms. The molecule has 1 aliphatic carbocycles. The van der Waals surface area contributed by atoms with Crippen LogP contribution in [-0.2, 0) is 11.8 Å². The SMILES string of the molecule is CC(C)(C)c1cc2c(s1)CC1(CCNCC1)[C@@H]2N. The third kappa shape index (κ3) is 1.84. The minimum atomic E-state index is 0.260. The smallest absolute Gasteiger partial charge is 0.0367 e. The van der Waals surface area contributed by atoms with Crippen LogP contribution < -0.4 is 11.1 Å². The fourth-order valence-electron chi connectivity index (χ4n) is 3.39. The van der Waals surface area contributed by atoms with Gasteiger partial charge in [-0.2, -0.15) is 0 Å². The van der Waals surface area contributed by atoms with Crippen molar-refractivity contribution in [3.05, 3.63) is 21.4 Å². The van der Waals surface area contributed by atoms with Crippen molar-refractivity contribution >= 4 is 11.3 Å². The van der Waals surface area contributed by atoms with Crippen LogP contribution >= 0.6 is 11.3 Å². The number of nitrogens with two attached hydrogens (primary N) is 1. The molecule has 1 aromatic heterocycles. The Hall–Kier alpha value is -0.380. The van der Waals surface area contributed by atoms with Gasteiger partial charge in [-0.05, 0) is 54.8 Å². The summed E-state index contributed by atoms with van der Waals surface area (Å²) in [5.74, 6) is 0. The number of hydrogen-bond donors (Lipinski definition) is 2. The third-order valence-electron chi connectivity index (χ3n) is 4.69. The molecule has 3 N–H and O–H groups in total. The highest BCUT2D eigenvalue weighted by Crippen LogP contribution is 2.53. The molecule has 2 nitrogen and oxygen atoms in total. The maximum absolute atomic E-state index is 6.59. The first-order valence-electron chi connectivity index (χ1n) is 7.02. The Labute approximate surface area is 114 Å². The molecule has 2 heterocycles. The molecule has 0 unspecified atom stereocenters. The molecule has 0 radical (unpaired) electrons. The van der Waals surface area contributed by atoms with E-state index in [1.54, 1.807) is 4.88 Å². The van der Waals surface area contributed by atoms with Gasteiger partial charge in [-0.3, -0.25) is 0 Å². The fraction of sp³-hybridized carbons (Fsp3) is 0.733. The summed E-state index contributed by atoms with van der Waals surface area (Å²) < 4.78 is 0. The highest BCUT2D eigenvalue weighted by molar-refractivity contribution is 7.12. The molecular formula is C15H24N2S. The van der Waals surface area contributed by atoms with Crippen molar-refractivity contribution in [1.29, 1.82) is 0 Å². The first-order chi connectivity index (χ1) is 8.42. The summed E-state index contributed by atoms with van der Waals surface area (Å²) >= 11 is 2.00. The third-order valence-corrected chi connectivity index (χ3v) is 6.26. The predicted molar refractivity (Wildman–Crippen MR) is 78.2 cm³/mol. The molecule has 3 rings (SSSR count). The Morgan fingerprint density at radius 1 is 1.33 bits per heavy atom. The summed E-state index contributed by atoms with van der Waals surface area (Å²) in [4.78, 5) is 3.06. The Morgan fingerprint density at radius 3 is 2.56 bits per heavy atom. The molecule has 1 spiro atoms. The molecule has 3 heteroatoms. The lowest BCUT2D eigenvalue weighted by molar-refractivity contribution is 0.174. The van der Waals surface area contributed by atoms with E-state index in [0.29, 0.717) is 5.41 Å². The summed E-state index contributed by atoms with van der Waals surface area (Å²) in [7, 11) is 0. The molecule has 100 valence electrons. The second-order valence-electron chi connectivity index (χ2n) is 7.01. The molecule has 18 heavy (non-hydrogen) atoms. The van der Waals surface area contributed by atoms with Crippen molar-refractivity contribution in [2.45, 2.75) is 51.5 Å². The molecular weight excluding hydrogens is 240 g/mol. The van der Waals surface area contributed by atoms with Gasteiger partial charge in [0.25, 0.3) is 0 Å². The lowest BCUT2D eigenvalue weighted by Gasteiger charge is -2.38. The van der Waals surface area contributed by atoms with E-state index in [1.807, 2.05) is 11.3 Å². The van der Waals surface area contributed by atoms with Crippen LogP contribution in [0.15, 0.2) is 6.07 Å². The maximum Gasteiger partial charge on any atom is 0.0367 e. The number of thiophene rings is 1. The largest absolute Gasteiger partial charge is 0.323 e. The average molecular weight is 264 g/mol. The molecule has 1 aliphatic heterocycles. The number of fused-ring (bicyclic) bond motifs is 1. The van der Waals surface area contributed by atoms with Crippen LogP contribution in [0.2, 0.25) is 0 Å². The first kappa shape index (κ1) is 12.6. The van der Waals surface area contributed by atoms with Crippen LogP contribution in [0.25, 0.3) is 0 Å². The van der Waals surface area contributed by atoms with Gasteiger partial charge in [-0.15, -0.1) is 11.3 Å². The summed E-state index contributed by atoms with van der Waals surface area (Å²) in [6, 6.07) is 2.66.